The average Bonchev–Trinajstić information content (AvgIpc) is 3.28. The Morgan fingerprint density at radius 1 is 1.28 bits per heavy atom. The lowest BCUT2D eigenvalue weighted by atomic mass is 10.2. The normalized spacial score (nSPS) is 11.1. The van der Waals surface area contributed by atoms with Gasteiger partial charge in [-0.15, -0.1) is 22.7 Å². The number of likely N-dealkylation sites (N-methyl/N-ethyl adjacent to an activating group) is 1. The molecule has 0 unspecified atom stereocenters. The highest BCUT2D eigenvalue weighted by Crippen LogP contribution is 2.34. The minimum atomic E-state index is -0.199. The molecular weight excluding hydrogens is 470 g/mol. The summed E-state index contributed by atoms with van der Waals surface area (Å²) in [6, 6.07) is 11.9. The van der Waals surface area contributed by atoms with Crippen LogP contribution in [0.2, 0.25) is 0 Å². The van der Waals surface area contributed by atoms with Crippen LogP contribution in [0.5, 0.6) is 0 Å². The molecule has 3 aromatic heterocycles. The molecule has 148 valence electrons. The summed E-state index contributed by atoms with van der Waals surface area (Å²) in [7, 11) is 1.75. The summed E-state index contributed by atoms with van der Waals surface area (Å²) in [6.45, 7) is 2.53. The van der Waals surface area contributed by atoms with Crippen LogP contribution < -0.4 is 5.56 Å². The van der Waals surface area contributed by atoms with Crippen LogP contribution in [0.3, 0.4) is 0 Å². The zero-order valence-electron chi connectivity index (χ0n) is 15.9. The van der Waals surface area contributed by atoms with Gasteiger partial charge in [-0.05, 0) is 36.8 Å². The predicted octanol–water partition coefficient (Wildman–Crippen LogP) is 4.99. The van der Waals surface area contributed by atoms with E-state index in [1.54, 1.807) is 23.3 Å². The van der Waals surface area contributed by atoms with Crippen molar-refractivity contribution >= 4 is 54.7 Å². The fourth-order valence-corrected chi connectivity index (χ4v) is 5.48. The number of carbonyl (C=O) groups is 1. The summed E-state index contributed by atoms with van der Waals surface area (Å²) in [5.74, 6) is 0.294. The second kappa shape index (κ2) is 8.22. The lowest BCUT2D eigenvalue weighted by molar-refractivity contribution is -0.129. The number of nitrogens with zero attached hydrogens (tertiary/aromatic N) is 2. The van der Waals surface area contributed by atoms with Gasteiger partial charge in [0.2, 0.25) is 5.91 Å². The Balaban J connectivity index is 1.55. The van der Waals surface area contributed by atoms with Crippen molar-refractivity contribution in [3.8, 4) is 10.4 Å². The first kappa shape index (κ1) is 20.0. The summed E-state index contributed by atoms with van der Waals surface area (Å²) in [4.78, 5) is 37.3. The molecule has 0 aliphatic heterocycles. The molecular formula is C21H18BrN3O2S2. The number of aryl methyl sites for hydroxylation is 1. The number of fused-ring (bicyclic) bond motifs is 1. The fraction of sp³-hybridized carbons (Fsp3) is 0.190. The first-order chi connectivity index (χ1) is 13.9. The number of hydrogen-bond acceptors (Lipinski definition) is 5. The van der Waals surface area contributed by atoms with Crippen LogP contribution in [-0.2, 0) is 17.8 Å². The van der Waals surface area contributed by atoms with Gasteiger partial charge in [-0.1, -0.05) is 28.1 Å². The van der Waals surface area contributed by atoms with Crippen molar-refractivity contribution in [3.63, 3.8) is 0 Å². The van der Waals surface area contributed by atoms with E-state index < -0.39 is 0 Å². The van der Waals surface area contributed by atoms with Crippen LogP contribution >= 0.6 is 38.6 Å². The first-order valence-electron chi connectivity index (χ1n) is 8.96. The maximum absolute atomic E-state index is 12.7. The smallest absolute Gasteiger partial charge is 0.260 e. The molecule has 0 fully saturated rings. The third-order valence-electron chi connectivity index (χ3n) is 4.55. The maximum Gasteiger partial charge on any atom is 0.260 e. The molecule has 0 atom stereocenters. The molecule has 5 nitrogen and oxygen atoms in total. The second-order valence-electron chi connectivity index (χ2n) is 6.81. The topological polar surface area (TPSA) is 66.1 Å². The summed E-state index contributed by atoms with van der Waals surface area (Å²) in [5, 5.41) is 2.55. The minimum absolute atomic E-state index is 0.0566. The van der Waals surface area contributed by atoms with Gasteiger partial charge in [0.15, 0.2) is 0 Å². The van der Waals surface area contributed by atoms with Crippen molar-refractivity contribution in [3.05, 3.63) is 72.9 Å². The molecule has 0 radical (unpaired) electrons. The fourth-order valence-electron chi connectivity index (χ4n) is 3.11. The molecule has 29 heavy (non-hydrogen) atoms. The molecule has 0 saturated carbocycles. The summed E-state index contributed by atoms with van der Waals surface area (Å²) < 4.78 is 0.974. The number of H-pyrrole nitrogens is 1. The molecule has 0 saturated heterocycles. The Morgan fingerprint density at radius 2 is 2.10 bits per heavy atom. The molecule has 4 rings (SSSR count). The van der Waals surface area contributed by atoms with E-state index in [0.29, 0.717) is 22.6 Å². The number of aromatic nitrogens is 2. The van der Waals surface area contributed by atoms with Crippen molar-refractivity contribution in [1.29, 1.82) is 0 Å². The van der Waals surface area contributed by atoms with Gasteiger partial charge >= 0.3 is 0 Å². The average molecular weight is 488 g/mol. The summed E-state index contributed by atoms with van der Waals surface area (Å²) in [6.07, 6.45) is 0.0566. The molecule has 1 amide bonds. The lowest BCUT2D eigenvalue weighted by Crippen LogP contribution is -2.29. The molecule has 8 heteroatoms. The minimum Gasteiger partial charge on any atom is -0.341 e. The quantitative estimate of drug-likeness (QED) is 0.431. The lowest BCUT2D eigenvalue weighted by Gasteiger charge is -2.17. The van der Waals surface area contributed by atoms with Gasteiger partial charge in [0.1, 0.15) is 10.7 Å². The third-order valence-corrected chi connectivity index (χ3v) is 6.95. The van der Waals surface area contributed by atoms with Crippen molar-refractivity contribution in [2.45, 2.75) is 19.9 Å². The molecule has 3 heterocycles. The van der Waals surface area contributed by atoms with Gasteiger partial charge in [0.25, 0.3) is 5.56 Å². The Hall–Kier alpha value is -2.29. The molecule has 1 N–H and O–H groups in total. The van der Waals surface area contributed by atoms with Crippen LogP contribution in [0.25, 0.3) is 20.7 Å². The molecule has 0 aliphatic rings. The SMILES string of the molecule is Cc1ccc(-c2csc3nc(CC(=O)N(C)Cc4cccc(Br)c4)[nH]c(=O)c23)s1. The van der Waals surface area contributed by atoms with Gasteiger partial charge in [0, 0.05) is 38.8 Å². The third kappa shape index (κ3) is 4.34. The molecule has 4 aromatic rings. The van der Waals surface area contributed by atoms with Crippen molar-refractivity contribution in [2.75, 3.05) is 7.05 Å². The zero-order chi connectivity index (χ0) is 20.5. The van der Waals surface area contributed by atoms with Gasteiger partial charge in [-0.2, -0.15) is 0 Å². The van der Waals surface area contributed by atoms with Crippen LogP contribution in [-0.4, -0.2) is 27.8 Å². The Bertz CT molecular complexity index is 1260. The molecule has 0 aliphatic carbocycles. The van der Waals surface area contributed by atoms with E-state index in [-0.39, 0.29) is 17.9 Å². The number of amides is 1. The number of rotatable bonds is 5. The van der Waals surface area contributed by atoms with Crippen LogP contribution in [0.4, 0.5) is 0 Å². The Kier molecular flexibility index (Phi) is 5.67. The molecule has 0 bridgehead atoms. The van der Waals surface area contributed by atoms with Crippen molar-refractivity contribution < 1.29 is 4.79 Å². The predicted molar refractivity (Wildman–Crippen MR) is 123 cm³/mol. The molecule has 1 aromatic carbocycles. The van der Waals surface area contributed by atoms with E-state index in [2.05, 4.69) is 25.9 Å². The van der Waals surface area contributed by atoms with E-state index >= 15 is 0 Å². The number of halogens is 1. The largest absolute Gasteiger partial charge is 0.341 e. The number of nitrogens with one attached hydrogen (secondary N) is 1. The van der Waals surface area contributed by atoms with Gasteiger partial charge in [-0.3, -0.25) is 9.59 Å². The van der Waals surface area contributed by atoms with E-state index in [4.69, 9.17) is 0 Å². The van der Waals surface area contributed by atoms with Crippen molar-refractivity contribution in [2.24, 2.45) is 0 Å². The standard InChI is InChI=1S/C21H18BrN3O2S2/c1-12-6-7-16(29-12)15-11-28-21-19(15)20(27)23-17(24-21)9-18(26)25(2)10-13-4-3-5-14(22)8-13/h3-8,11H,9-10H2,1-2H3,(H,23,24,27). The monoisotopic (exact) mass is 487 g/mol. The highest BCUT2D eigenvalue weighted by molar-refractivity contribution is 9.10. The highest BCUT2D eigenvalue weighted by atomic mass is 79.9. The first-order valence-corrected chi connectivity index (χ1v) is 11.5. The maximum atomic E-state index is 12.7. The van der Waals surface area contributed by atoms with Crippen molar-refractivity contribution in [1.82, 2.24) is 14.9 Å². The Morgan fingerprint density at radius 3 is 2.83 bits per heavy atom. The number of benzene rings is 1. The number of thiophene rings is 2. The summed E-state index contributed by atoms with van der Waals surface area (Å²) in [5.41, 5.74) is 1.73. The van der Waals surface area contributed by atoms with E-state index in [1.807, 2.05) is 48.7 Å². The van der Waals surface area contributed by atoms with Crippen LogP contribution in [0, 0.1) is 6.92 Å². The van der Waals surface area contributed by atoms with Gasteiger partial charge in [-0.25, -0.2) is 4.98 Å². The van der Waals surface area contributed by atoms with E-state index in [1.165, 1.54) is 16.2 Å². The van der Waals surface area contributed by atoms with E-state index in [0.717, 1.165) is 20.5 Å². The Labute approximate surface area is 184 Å². The highest BCUT2D eigenvalue weighted by Gasteiger charge is 2.17. The summed E-state index contributed by atoms with van der Waals surface area (Å²) >= 11 is 6.53. The number of carbonyl (C=O) groups excluding carboxylic acids is 1. The number of aromatic amines is 1. The van der Waals surface area contributed by atoms with Crippen LogP contribution in [0.15, 0.2) is 51.0 Å². The van der Waals surface area contributed by atoms with E-state index in [9.17, 15) is 9.59 Å². The second-order valence-corrected chi connectivity index (χ2v) is 9.87. The molecule has 0 spiro atoms. The van der Waals surface area contributed by atoms with Gasteiger partial charge < -0.3 is 9.88 Å². The zero-order valence-corrected chi connectivity index (χ0v) is 19.1. The number of hydrogen-bond donors (Lipinski definition) is 1. The van der Waals surface area contributed by atoms with Gasteiger partial charge in [0.05, 0.1) is 11.8 Å². The van der Waals surface area contributed by atoms with Crippen LogP contribution in [0.1, 0.15) is 16.3 Å².